The molecule has 1 fully saturated rings. The number of carbonyl (C=O) groups is 1. The smallest absolute Gasteiger partial charge is 0.166 e. The van der Waals surface area contributed by atoms with Crippen LogP contribution in [0.15, 0.2) is 0 Å². The van der Waals surface area contributed by atoms with Crippen LogP contribution < -0.4 is 0 Å². The fourth-order valence-electron chi connectivity index (χ4n) is 2.06. The summed E-state index contributed by atoms with van der Waals surface area (Å²) < 4.78 is 0. The van der Waals surface area contributed by atoms with Crippen molar-refractivity contribution < 1.29 is 4.79 Å². The highest BCUT2D eigenvalue weighted by atomic mass is 16.1. The first-order valence-electron chi connectivity index (χ1n) is 5.47. The summed E-state index contributed by atoms with van der Waals surface area (Å²) in [6.45, 7) is 5.01. The molecule has 1 aliphatic carbocycles. The number of hydrogen-bond acceptors (Lipinski definition) is 2. The lowest BCUT2D eigenvalue weighted by molar-refractivity contribution is 0.111. The summed E-state index contributed by atoms with van der Waals surface area (Å²) in [4.78, 5) is 16.3. The lowest BCUT2D eigenvalue weighted by Gasteiger charge is -2.16. The van der Waals surface area contributed by atoms with E-state index in [1.54, 1.807) is 0 Å². The van der Waals surface area contributed by atoms with Gasteiger partial charge in [-0.2, -0.15) is 0 Å². The van der Waals surface area contributed by atoms with Crippen molar-refractivity contribution >= 4 is 6.29 Å². The number of nitrogens with zero attached hydrogens (tertiary/aromatic N) is 1. The van der Waals surface area contributed by atoms with Crippen LogP contribution in [0.25, 0.3) is 0 Å². The van der Waals surface area contributed by atoms with Gasteiger partial charge < -0.3 is 4.98 Å². The Hall–Kier alpha value is -1.09. The topological polar surface area (TPSA) is 36.1 Å². The number of rotatable bonds is 4. The normalized spacial score (nSPS) is 16.0. The molecular weight excluding hydrogens is 188 g/mol. The average Bonchev–Trinajstić information content (AvgIpc) is 3.00. The predicted octanol–water partition coefficient (Wildman–Crippen LogP) is 2.04. The van der Waals surface area contributed by atoms with Gasteiger partial charge in [0.25, 0.3) is 0 Å². The zero-order valence-electron chi connectivity index (χ0n) is 9.63. The van der Waals surface area contributed by atoms with Crippen LogP contribution in [0.1, 0.15) is 40.2 Å². The van der Waals surface area contributed by atoms with Crippen LogP contribution in [0.4, 0.5) is 0 Å². The Labute approximate surface area is 90.5 Å². The summed E-state index contributed by atoms with van der Waals surface area (Å²) in [6.07, 6.45) is 3.54. The average molecular weight is 206 g/mol. The van der Waals surface area contributed by atoms with E-state index in [0.29, 0.717) is 0 Å². The lowest BCUT2D eigenvalue weighted by Crippen LogP contribution is -2.20. The van der Waals surface area contributed by atoms with Gasteiger partial charge in [-0.15, -0.1) is 0 Å². The van der Waals surface area contributed by atoms with E-state index in [0.717, 1.165) is 35.8 Å². The zero-order chi connectivity index (χ0) is 11.0. The van der Waals surface area contributed by atoms with E-state index in [2.05, 4.69) is 16.9 Å². The number of aryl methyl sites for hydroxylation is 1. The zero-order valence-corrected chi connectivity index (χ0v) is 9.63. The highest BCUT2D eigenvalue weighted by molar-refractivity contribution is 5.75. The number of aldehydes is 1. The van der Waals surface area contributed by atoms with E-state index in [1.807, 2.05) is 13.8 Å². The molecule has 0 aliphatic heterocycles. The molecule has 0 atom stereocenters. The Bertz CT molecular complexity index is 377. The van der Waals surface area contributed by atoms with E-state index >= 15 is 0 Å². The Morgan fingerprint density at radius 1 is 1.47 bits per heavy atom. The van der Waals surface area contributed by atoms with E-state index in [1.165, 1.54) is 18.4 Å². The number of carbonyl (C=O) groups excluding carboxylic acids is 1. The molecule has 0 spiro atoms. The van der Waals surface area contributed by atoms with Crippen LogP contribution in [0.3, 0.4) is 0 Å². The third-order valence-corrected chi connectivity index (χ3v) is 3.33. The predicted molar refractivity (Wildman–Crippen MR) is 60.1 cm³/mol. The fraction of sp³-hybridized carbons (Fsp3) is 0.583. The molecule has 1 N–H and O–H groups in total. The summed E-state index contributed by atoms with van der Waals surface area (Å²) in [7, 11) is 2.16. The second-order valence-corrected chi connectivity index (χ2v) is 4.53. The van der Waals surface area contributed by atoms with Gasteiger partial charge in [-0.05, 0) is 44.9 Å². The molecule has 0 saturated heterocycles. The van der Waals surface area contributed by atoms with Crippen LogP contribution >= 0.6 is 0 Å². The molecule has 0 aromatic carbocycles. The maximum absolute atomic E-state index is 10.8. The van der Waals surface area contributed by atoms with Gasteiger partial charge in [0.15, 0.2) is 6.29 Å². The van der Waals surface area contributed by atoms with Crippen molar-refractivity contribution in [3.05, 3.63) is 22.5 Å². The Morgan fingerprint density at radius 3 is 2.60 bits per heavy atom. The SMILES string of the molecule is Cc1[nH]c(C=O)c(C)c1CN(C)C1CC1. The van der Waals surface area contributed by atoms with Crippen molar-refractivity contribution in [2.75, 3.05) is 7.05 Å². The molecular formula is C12H18N2O. The Morgan fingerprint density at radius 2 is 2.13 bits per heavy atom. The van der Waals surface area contributed by atoms with E-state index in [-0.39, 0.29) is 0 Å². The maximum atomic E-state index is 10.8. The first-order chi connectivity index (χ1) is 7.13. The monoisotopic (exact) mass is 206 g/mol. The van der Waals surface area contributed by atoms with Gasteiger partial charge in [-0.3, -0.25) is 9.69 Å². The number of aromatic nitrogens is 1. The minimum Gasteiger partial charge on any atom is -0.356 e. The van der Waals surface area contributed by atoms with Gasteiger partial charge >= 0.3 is 0 Å². The summed E-state index contributed by atoms with van der Waals surface area (Å²) in [5, 5.41) is 0. The highest BCUT2D eigenvalue weighted by Crippen LogP contribution is 2.28. The number of nitrogens with one attached hydrogen (secondary N) is 1. The minimum atomic E-state index is 0.728. The molecule has 0 amide bonds. The summed E-state index contributed by atoms with van der Waals surface area (Å²) in [5.41, 5.74) is 4.25. The molecule has 0 unspecified atom stereocenters. The van der Waals surface area contributed by atoms with Crippen molar-refractivity contribution in [2.45, 2.75) is 39.3 Å². The van der Waals surface area contributed by atoms with Gasteiger partial charge in [0.05, 0.1) is 5.69 Å². The molecule has 1 saturated carbocycles. The summed E-state index contributed by atoms with van der Waals surface area (Å²) in [6, 6.07) is 0.762. The first kappa shape index (κ1) is 10.4. The molecule has 0 bridgehead atoms. The molecule has 82 valence electrons. The van der Waals surface area contributed by atoms with Crippen LogP contribution in [-0.4, -0.2) is 29.3 Å². The molecule has 3 heteroatoms. The second kappa shape index (κ2) is 3.81. The molecule has 0 radical (unpaired) electrons. The second-order valence-electron chi connectivity index (χ2n) is 4.53. The molecule has 15 heavy (non-hydrogen) atoms. The van der Waals surface area contributed by atoms with Crippen molar-refractivity contribution in [3.8, 4) is 0 Å². The standard InChI is InChI=1S/C12H18N2O/c1-8-11(6-14(3)10-4-5-10)9(2)13-12(8)7-15/h7,10,13H,4-6H2,1-3H3. The minimum absolute atomic E-state index is 0.728. The van der Waals surface area contributed by atoms with Crippen LogP contribution in [0.5, 0.6) is 0 Å². The Balaban J connectivity index is 2.18. The number of H-pyrrole nitrogens is 1. The van der Waals surface area contributed by atoms with Gasteiger partial charge in [0.2, 0.25) is 0 Å². The van der Waals surface area contributed by atoms with E-state index < -0.39 is 0 Å². The molecule has 1 aromatic heterocycles. The third-order valence-electron chi connectivity index (χ3n) is 3.33. The Kier molecular flexibility index (Phi) is 2.65. The van der Waals surface area contributed by atoms with Crippen molar-refractivity contribution in [1.29, 1.82) is 0 Å². The molecule has 3 nitrogen and oxygen atoms in total. The molecule has 1 aromatic rings. The van der Waals surface area contributed by atoms with Crippen molar-refractivity contribution in [2.24, 2.45) is 0 Å². The fourth-order valence-corrected chi connectivity index (χ4v) is 2.06. The largest absolute Gasteiger partial charge is 0.356 e. The van der Waals surface area contributed by atoms with Crippen LogP contribution in [0, 0.1) is 13.8 Å². The van der Waals surface area contributed by atoms with Crippen LogP contribution in [-0.2, 0) is 6.54 Å². The highest BCUT2D eigenvalue weighted by Gasteiger charge is 2.27. The van der Waals surface area contributed by atoms with Gasteiger partial charge in [-0.1, -0.05) is 0 Å². The number of aromatic amines is 1. The molecule has 2 rings (SSSR count). The quantitative estimate of drug-likeness (QED) is 0.765. The van der Waals surface area contributed by atoms with Gasteiger partial charge in [0.1, 0.15) is 0 Å². The lowest BCUT2D eigenvalue weighted by atomic mass is 10.1. The maximum Gasteiger partial charge on any atom is 0.166 e. The first-order valence-corrected chi connectivity index (χ1v) is 5.47. The molecule has 1 heterocycles. The summed E-state index contributed by atoms with van der Waals surface area (Å²) >= 11 is 0. The van der Waals surface area contributed by atoms with Crippen molar-refractivity contribution in [1.82, 2.24) is 9.88 Å². The van der Waals surface area contributed by atoms with Gasteiger partial charge in [-0.25, -0.2) is 0 Å². The van der Waals surface area contributed by atoms with Crippen molar-refractivity contribution in [3.63, 3.8) is 0 Å². The van der Waals surface area contributed by atoms with E-state index in [9.17, 15) is 4.79 Å². The number of hydrogen-bond donors (Lipinski definition) is 1. The van der Waals surface area contributed by atoms with E-state index in [4.69, 9.17) is 0 Å². The molecule has 1 aliphatic rings. The third kappa shape index (κ3) is 1.97. The van der Waals surface area contributed by atoms with Crippen LogP contribution in [0.2, 0.25) is 0 Å². The summed E-state index contributed by atoms with van der Waals surface area (Å²) in [5.74, 6) is 0. The van der Waals surface area contributed by atoms with Gasteiger partial charge in [0, 0.05) is 18.3 Å².